The molecule has 2 aromatic rings. The van der Waals surface area contributed by atoms with Crippen molar-refractivity contribution in [2.75, 3.05) is 18.4 Å². The summed E-state index contributed by atoms with van der Waals surface area (Å²) < 4.78 is 1.61. The molecule has 0 bridgehead atoms. The van der Waals surface area contributed by atoms with E-state index in [1.54, 1.807) is 23.1 Å². The van der Waals surface area contributed by atoms with E-state index in [4.69, 9.17) is 0 Å². The van der Waals surface area contributed by atoms with E-state index in [0.717, 1.165) is 38.0 Å². The van der Waals surface area contributed by atoms with Crippen LogP contribution in [-0.4, -0.2) is 38.7 Å². The van der Waals surface area contributed by atoms with Gasteiger partial charge in [-0.3, -0.25) is 4.79 Å². The number of nitrogens with one attached hydrogen (secondary N) is 2. The molecule has 0 aromatic carbocycles. The minimum atomic E-state index is 0.0194. The quantitative estimate of drug-likeness (QED) is 0.842. The first-order valence-corrected chi connectivity index (χ1v) is 9.01. The van der Waals surface area contributed by atoms with Gasteiger partial charge in [-0.1, -0.05) is 13.8 Å². The van der Waals surface area contributed by atoms with Crippen LogP contribution in [0, 0.1) is 5.92 Å². The Kier molecular flexibility index (Phi) is 5.75. The van der Waals surface area contributed by atoms with Crippen molar-refractivity contribution in [2.24, 2.45) is 5.92 Å². The zero-order chi connectivity index (χ0) is 17.6. The Labute approximate surface area is 148 Å². The first kappa shape index (κ1) is 17.5. The number of amides is 1. The van der Waals surface area contributed by atoms with Gasteiger partial charge in [0, 0.05) is 24.9 Å². The summed E-state index contributed by atoms with van der Waals surface area (Å²) in [5.41, 5.74) is 0.904. The lowest BCUT2D eigenvalue weighted by molar-refractivity contribution is -0.116. The van der Waals surface area contributed by atoms with Crippen LogP contribution in [0.5, 0.6) is 0 Å². The Morgan fingerprint density at radius 3 is 2.72 bits per heavy atom. The van der Waals surface area contributed by atoms with Crippen molar-refractivity contribution < 1.29 is 4.79 Å². The number of aromatic nitrogens is 4. The van der Waals surface area contributed by atoms with Gasteiger partial charge in [0.05, 0.1) is 5.69 Å². The second-order valence-electron chi connectivity index (χ2n) is 6.85. The summed E-state index contributed by atoms with van der Waals surface area (Å²) in [4.78, 5) is 20.9. The van der Waals surface area contributed by atoms with E-state index in [-0.39, 0.29) is 11.8 Å². The summed E-state index contributed by atoms with van der Waals surface area (Å²) in [6.07, 6.45) is 7.10. The lowest BCUT2D eigenvalue weighted by Crippen LogP contribution is -2.28. The van der Waals surface area contributed by atoms with Gasteiger partial charge >= 0.3 is 0 Å². The third-order valence-corrected chi connectivity index (χ3v) is 4.57. The smallest absolute Gasteiger partial charge is 0.252 e. The van der Waals surface area contributed by atoms with Crippen LogP contribution in [0.25, 0.3) is 5.95 Å². The first-order chi connectivity index (χ1) is 12.1. The normalized spacial score (nSPS) is 15.5. The van der Waals surface area contributed by atoms with Crippen molar-refractivity contribution in [2.45, 2.75) is 45.4 Å². The fourth-order valence-corrected chi connectivity index (χ4v) is 3.03. The molecular formula is C18H26N6O. The molecule has 1 aliphatic rings. The SMILES string of the molecule is CC(C)c1cc(NC(=O)CCC2CCNCC2)n(-c2ncccn2)n1. The minimum absolute atomic E-state index is 0.0194. The highest BCUT2D eigenvalue weighted by molar-refractivity contribution is 5.90. The Hall–Kier alpha value is -2.28. The average molecular weight is 342 g/mol. The molecule has 1 saturated heterocycles. The van der Waals surface area contributed by atoms with Crippen LogP contribution in [0.2, 0.25) is 0 Å². The molecule has 0 atom stereocenters. The second-order valence-corrected chi connectivity index (χ2v) is 6.85. The van der Waals surface area contributed by atoms with Crippen molar-refractivity contribution in [3.63, 3.8) is 0 Å². The molecule has 1 aliphatic heterocycles. The van der Waals surface area contributed by atoms with Crippen molar-refractivity contribution in [1.29, 1.82) is 0 Å². The van der Waals surface area contributed by atoms with Crippen LogP contribution >= 0.6 is 0 Å². The van der Waals surface area contributed by atoms with E-state index in [0.29, 0.717) is 24.1 Å². The summed E-state index contributed by atoms with van der Waals surface area (Å²) in [5, 5.41) is 10.9. The van der Waals surface area contributed by atoms with E-state index in [9.17, 15) is 4.79 Å². The summed E-state index contributed by atoms with van der Waals surface area (Å²) in [6, 6.07) is 3.66. The van der Waals surface area contributed by atoms with Crippen LogP contribution in [-0.2, 0) is 4.79 Å². The molecule has 2 N–H and O–H groups in total. The predicted molar refractivity (Wildman–Crippen MR) is 96.7 cm³/mol. The number of carbonyl (C=O) groups is 1. The summed E-state index contributed by atoms with van der Waals surface area (Å²) in [7, 11) is 0. The molecule has 3 rings (SSSR count). The van der Waals surface area contributed by atoms with E-state index < -0.39 is 0 Å². The highest BCUT2D eigenvalue weighted by Crippen LogP contribution is 2.22. The third-order valence-electron chi connectivity index (χ3n) is 4.57. The topological polar surface area (TPSA) is 84.7 Å². The van der Waals surface area contributed by atoms with Gasteiger partial charge in [-0.15, -0.1) is 0 Å². The van der Waals surface area contributed by atoms with Crippen LogP contribution in [0.3, 0.4) is 0 Å². The van der Waals surface area contributed by atoms with Gasteiger partial charge in [0.2, 0.25) is 5.91 Å². The molecule has 2 aromatic heterocycles. The fraction of sp³-hybridized carbons (Fsp3) is 0.556. The largest absolute Gasteiger partial charge is 0.317 e. The van der Waals surface area contributed by atoms with Gasteiger partial charge in [-0.2, -0.15) is 9.78 Å². The Morgan fingerprint density at radius 2 is 2.04 bits per heavy atom. The van der Waals surface area contributed by atoms with Crippen molar-refractivity contribution >= 4 is 11.7 Å². The number of carbonyl (C=O) groups excluding carboxylic acids is 1. The lowest BCUT2D eigenvalue weighted by Gasteiger charge is -2.22. The fourth-order valence-electron chi connectivity index (χ4n) is 3.03. The average Bonchev–Trinajstić information content (AvgIpc) is 3.06. The van der Waals surface area contributed by atoms with Gasteiger partial charge in [0.25, 0.3) is 5.95 Å². The number of hydrogen-bond acceptors (Lipinski definition) is 5. The lowest BCUT2D eigenvalue weighted by atomic mass is 9.93. The van der Waals surface area contributed by atoms with Gasteiger partial charge in [-0.05, 0) is 50.3 Å². The van der Waals surface area contributed by atoms with Crippen LogP contribution in [0.4, 0.5) is 5.82 Å². The number of piperidine rings is 1. The van der Waals surface area contributed by atoms with Gasteiger partial charge in [0.1, 0.15) is 5.82 Å². The maximum atomic E-state index is 12.4. The van der Waals surface area contributed by atoms with E-state index in [1.165, 1.54) is 0 Å². The second kappa shape index (κ2) is 8.20. The molecule has 134 valence electrons. The van der Waals surface area contributed by atoms with Crippen LogP contribution in [0.1, 0.15) is 51.1 Å². The van der Waals surface area contributed by atoms with E-state index in [1.807, 2.05) is 6.07 Å². The molecule has 7 heteroatoms. The molecule has 1 amide bonds. The molecular weight excluding hydrogens is 316 g/mol. The van der Waals surface area contributed by atoms with Gasteiger partial charge in [0.15, 0.2) is 0 Å². The predicted octanol–water partition coefficient (Wildman–Crippen LogP) is 2.50. The Balaban J connectivity index is 1.69. The zero-order valence-electron chi connectivity index (χ0n) is 14.9. The van der Waals surface area contributed by atoms with Crippen LogP contribution in [0.15, 0.2) is 24.5 Å². The molecule has 7 nitrogen and oxygen atoms in total. The van der Waals surface area contributed by atoms with Crippen LogP contribution < -0.4 is 10.6 Å². The first-order valence-electron chi connectivity index (χ1n) is 9.01. The standard InChI is InChI=1S/C18H26N6O/c1-13(2)15-12-16(24(23-15)18-20-8-3-9-21-18)22-17(25)5-4-14-6-10-19-11-7-14/h3,8-9,12-14,19H,4-7,10-11H2,1-2H3,(H,22,25). The number of anilines is 1. The van der Waals surface area contributed by atoms with Crippen molar-refractivity contribution in [1.82, 2.24) is 25.1 Å². The number of nitrogens with zero attached hydrogens (tertiary/aromatic N) is 4. The highest BCUT2D eigenvalue weighted by Gasteiger charge is 2.18. The maximum Gasteiger partial charge on any atom is 0.252 e. The summed E-state index contributed by atoms with van der Waals surface area (Å²) in [6.45, 7) is 6.26. The Bertz CT molecular complexity index is 691. The molecule has 0 aliphatic carbocycles. The van der Waals surface area contributed by atoms with E-state index in [2.05, 4.69) is 39.5 Å². The molecule has 0 saturated carbocycles. The third kappa shape index (κ3) is 4.63. The maximum absolute atomic E-state index is 12.4. The number of rotatable bonds is 6. The summed E-state index contributed by atoms with van der Waals surface area (Å²) >= 11 is 0. The number of hydrogen-bond donors (Lipinski definition) is 2. The molecule has 3 heterocycles. The summed E-state index contributed by atoms with van der Waals surface area (Å²) in [5.74, 6) is 2.01. The molecule has 1 fully saturated rings. The highest BCUT2D eigenvalue weighted by atomic mass is 16.1. The van der Waals surface area contributed by atoms with Gasteiger partial charge in [-0.25, -0.2) is 9.97 Å². The molecule has 25 heavy (non-hydrogen) atoms. The van der Waals surface area contributed by atoms with Crippen molar-refractivity contribution in [3.8, 4) is 5.95 Å². The molecule has 0 unspecified atom stereocenters. The molecule has 0 spiro atoms. The minimum Gasteiger partial charge on any atom is -0.317 e. The molecule has 0 radical (unpaired) electrons. The monoisotopic (exact) mass is 342 g/mol. The Morgan fingerprint density at radius 1 is 1.32 bits per heavy atom. The zero-order valence-corrected chi connectivity index (χ0v) is 14.9. The van der Waals surface area contributed by atoms with Gasteiger partial charge < -0.3 is 10.6 Å². The van der Waals surface area contributed by atoms with Crippen molar-refractivity contribution in [3.05, 3.63) is 30.2 Å². The van der Waals surface area contributed by atoms with E-state index >= 15 is 0 Å².